The summed E-state index contributed by atoms with van der Waals surface area (Å²) >= 11 is 0. The Balaban J connectivity index is 2.93. The highest BCUT2D eigenvalue weighted by Crippen LogP contribution is 2.17. The third-order valence-corrected chi connectivity index (χ3v) is 1.81. The molecule has 0 saturated carbocycles. The number of nitrogens with two attached hydrogens (primary N) is 1. The highest BCUT2D eigenvalue weighted by molar-refractivity contribution is 5.19. The minimum atomic E-state index is -0.691. The summed E-state index contributed by atoms with van der Waals surface area (Å²) in [4.78, 5) is 3.72. The van der Waals surface area contributed by atoms with E-state index in [1.54, 1.807) is 20.2 Å². The van der Waals surface area contributed by atoms with Crippen LogP contribution in [-0.2, 0) is 10.3 Å². The minimum absolute atomic E-state index is 0.331. The lowest BCUT2D eigenvalue weighted by molar-refractivity contribution is 0.140. The highest BCUT2D eigenvalue weighted by atomic mass is 19.1. The smallest absolute Gasteiger partial charge is 0.141 e. The Bertz CT molecular complexity index is 289. The summed E-state index contributed by atoms with van der Waals surface area (Å²) in [5.74, 6) is -0.384. The molecule has 3 nitrogen and oxygen atoms in total. The summed E-state index contributed by atoms with van der Waals surface area (Å²) < 4.78 is 17.7. The molecule has 2 N–H and O–H groups in total. The second-order valence-electron chi connectivity index (χ2n) is 3.24. The van der Waals surface area contributed by atoms with Crippen molar-refractivity contribution in [2.24, 2.45) is 5.73 Å². The molecule has 1 unspecified atom stereocenters. The summed E-state index contributed by atoms with van der Waals surface area (Å²) in [6.07, 6.45) is 2.69. The number of methoxy groups -OCH3 is 1. The van der Waals surface area contributed by atoms with Gasteiger partial charge in [-0.15, -0.1) is 0 Å². The second-order valence-corrected chi connectivity index (χ2v) is 3.24. The number of aromatic nitrogens is 1. The average molecular weight is 184 g/mol. The molecule has 0 spiro atoms. The van der Waals surface area contributed by atoms with E-state index in [1.807, 2.05) is 0 Å². The molecule has 0 saturated heterocycles. The Hall–Kier alpha value is -1.00. The first-order valence-electron chi connectivity index (χ1n) is 3.95. The van der Waals surface area contributed by atoms with Gasteiger partial charge in [-0.25, -0.2) is 4.39 Å². The zero-order chi connectivity index (χ0) is 9.90. The van der Waals surface area contributed by atoms with E-state index < -0.39 is 5.54 Å². The van der Waals surface area contributed by atoms with Gasteiger partial charge in [0.15, 0.2) is 0 Å². The van der Waals surface area contributed by atoms with Crippen molar-refractivity contribution in [3.63, 3.8) is 0 Å². The summed E-state index contributed by atoms with van der Waals surface area (Å²) in [6, 6.07) is 1.37. The van der Waals surface area contributed by atoms with Crippen molar-refractivity contribution in [2.75, 3.05) is 13.7 Å². The maximum atomic E-state index is 12.8. The summed E-state index contributed by atoms with van der Waals surface area (Å²) in [5.41, 5.74) is 5.83. The Morgan fingerprint density at radius 3 is 2.85 bits per heavy atom. The van der Waals surface area contributed by atoms with E-state index in [9.17, 15) is 4.39 Å². The van der Waals surface area contributed by atoms with Crippen LogP contribution < -0.4 is 5.73 Å². The van der Waals surface area contributed by atoms with Gasteiger partial charge in [0, 0.05) is 13.3 Å². The highest BCUT2D eigenvalue weighted by Gasteiger charge is 2.21. The van der Waals surface area contributed by atoms with Crippen LogP contribution in [0.3, 0.4) is 0 Å². The van der Waals surface area contributed by atoms with E-state index in [1.165, 1.54) is 6.07 Å². The topological polar surface area (TPSA) is 48.1 Å². The summed E-state index contributed by atoms with van der Waals surface area (Å²) in [7, 11) is 1.55. The molecule has 1 aromatic rings. The van der Waals surface area contributed by atoms with Crippen molar-refractivity contribution >= 4 is 0 Å². The maximum Gasteiger partial charge on any atom is 0.141 e. The maximum absolute atomic E-state index is 12.8. The Labute approximate surface area is 76.7 Å². The van der Waals surface area contributed by atoms with Gasteiger partial charge < -0.3 is 10.5 Å². The number of rotatable bonds is 3. The molecule has 0 amide bonds. The molecule has 72 valence electrons. The van der Waals surface area contributed by atoms with Gasteiger partial charge in [-0.2, -0.15) is 0 Å². The van der Waals surface area contributed by atoms with Gasteiger partial charge in [0.2, 0.25) is 0 Å². The SMILES string of the molecule is COCC(C)(N)c1cncc(F)c1. The van der Waals surface area contributed by atoms with Crippen LogP contribution in [0.4, 0.5) is 4.39 Å². The lowest BCUT2D eigenvalue weighted by atomic mass is 9.96. The number of ether oxygens (including phenoxy) is 1. The molecule has 0 radical (unpaired) electrons. The average Bonchev–Trinajstić information content (AvgIpc) is 2.04. The lowest BCUT2D eigenvalue weighted by Gasteiger charge is -2.23. The molecule has 1 atom stereocenters. The molecular weight excluding hydrogens is 171 g/mol. The minimum Gasteiger partial charge on any atom is -0.382 e. The Morgan fingerprint density at radius 2 is 2.31 bits per heavy atom. The fourth-order valence-corrected chi connectivity index (χ4v) is 1.11. The van der Waals surface area contributed by atoms with Crippen molar-refractivity contribution in [3.05, 3.63) is 29.8 Å². The molecule has 1 aromatic heterocycles. The van der Waals surface area contributed by atoms with Crippen LogP contribution in [0.1, 0.15) is 12.5 Å². The number of hydrogen-bond acceptors (Lipinski definition) is 3. The fourth-order valence-electron chi connectivity index (χ4n) is 1.11. The number of nitrogens with zero attached hydrogens (tertiary/aromatic N) is 1. The van der Waals surface area contributed by atoms with Crippen LogP contribution in [-0.4, -0.2) is 18.7 Å². The third kappa shape index (κ3) is 2.47. The molecule has 0 aliphatic carbocycles. The zero-order valence-corrected chi connectivity index (χ0v) is 7.75. The van der Waals surface area contributed by atoms with Gasteiger partial charge in [0.1, 0.15) is 5.82 Å². The van der Waals surface area contributed by atoms with Crippen LogP contribution in [0.25, 0.3) is 0 Å². The van der Waals surface area contributed by atoms with E-state index in [2.05, 4.69) is 4.98 Å². The van der Waals surface area contributed by atoms with E-state index >= 15 is 0 Å². The van der Waals surface area contributed by atoms with Crippen molar-refractivity contribution in [3.8, 4) is 0 Å². The van der Waals surface area contributed by atoms with Crippen LogP contribution in [0, 0.1) is 5.82 Å². The van der Waals surface area contributed by atoms with E-state index in [0.29, 0.717) is 12.2 Å². The second kappa shape index (κ2) is 3.81. The largest absolute Gasteiger partial charge is 0.382 e. The molecule has 0 aliphatic rings. The first kappa shape index (κ1) is 10.1. The molecular formula is C9H13FN2O. The Morgan fingerprint density at radius 1 is 1.62 bits per heavy atom. The Kier molecular flexibility index (Phi) is 2.95. The molecule has 13 heavy (non-hydrogen) atoms. The lowest BCUT2D eigenvalue weighted by Crippen LogP contribution is -2.37. The summed E-state index contributed by atoms with van der Waals surface area (Å²) in [5, 5.41) is 0. The van der Waals surface area contributed by atoms with Gasteiger partial charge in [-0.1, -0.05) is 0 Å². The zero-order valence-electron chi connectivity index (χ0n) is 7.75. The van der Waals surface area contributed by atoms with Crippen molar-refractivity contribution in [1.29, 1.82) is 0 Å². The van der Waals surface area contributed by atoms with Crippen LogP contribution in [0.5, 0.6) is 0 Å². The molecule has 4 heteroatoms. The normalized spacial score (nSPS) is 15.4. The van der Waals surface area contributed by atoms with E-state index in [-0.39, 0.29) is 5.82 Å². The number of pyridine rings is 1. The molecule has 0 fully saturated rings. The number of hydrogen-bond donors (Lipinski definition) is 1. The molecule has 0 aliphatic heterocycles. The van der Waals surface area contributed by atoms with Gasteiger partial charge in [-0.3, -0.25) is 4.98 Å². The standard InChI is InChI=1S/C9H13FN2O/c1-9(11,6-13-2)7-3-8(10)5-12-4-7/h3-5H,6,11H2,1-2H3. The summed E-state index contributed by atoms with van der Waals surface area (Å²) in [6.45, 7) is 2.10. The predicted octanol–water partition coefficient (Wildman–Crippen LogP) is 1.04. The molecule has 0 bridgehead atoms. The molecule has 1 heterocycles. The molecule has 0 aromatic carbocycles. The first-order valence-corrected chi connectivity index (χ1v) is 3.95. The van der Waals surface area contributed by atoms with Crippen LogP contribution >= 0.6 is 0 Å². The fraction of sp³-hybridized carbons (Fsp3) is 0.444. The predicted molar refractivity (Wildman–Crippen MR) is 47.6 cm³/mol. The molecule has 1 rings (SSSR count). The van der Waals surface area contributed by atoms with Crippen molar-refractivity contribution in [2.45, 2.75) is 12.5 Å². The monoisotopic (exact) mass is 184 g/mol. The van der Waals surface area contributed by atoms with Crippen LogP contribution in [0.15, 0.2) is 18.5 Å². The van der Waals surface area contributed by atoms with Crippen molar-refractivity contribution < 1.29 is 9.13 Å². The van der Waals surface area contributed by atoms with E-state index in [4.69, 9.17) is 10.5 Å². The third-order valence-electron chi connectivity index (χ3n) is 1.81. The van der Waals surface area contributed by atoms with Gasteiger partial charge >= 0.3 is 0 Å². The first-order chi connectivity index (χ1) is 6.06. The van der Waals surface area contributed by atoms with Crippen LogP contribution in [0.2, 0.25) is 0 Å². The van der Waals surface area contributed by atoms with Gasteiger partial charge in [0.05, 0.1) is 18.3 Å². The van der Waals surface area contributed by atoms with E-state index in [0.717, 1.165) is 6.20 Å². The van der Waals surface area contributed by atoms with Gasteiger partial charge in [0.25, 0.3) is 0 Å². The quantitative estimate of drug-likeness (QED) is 0.763. The number of halogens is 1. The van der Waals surface area contributed by atoms with Crippen molar-refractivity contribution in [1.82, 2.24) is 4.98 Å². The van der Waals surface area contributed by atoms with Gasteiger partial charge in [-0.05, 0) is 18.6 Å².